The lowest BCUT2D eigenvalue weighted by molar-refractivity contribution is 0.125. The quantitative estimate of drug-likeness (QED) is 0.815. The fourth-order valence-electron chi connectivity index (χ4n) is 2.62. The molecule has 108 valence electrons. The molecule has 2 N–H and O–H groups in total. The van der Waals surface area contributed by atoms with Crippen molar-refractivity contribution in [2.75, 3.05) is 6.54 Å². The molecule has 3 unspecified atom stereocenters. The molecule has 1 aromatic rings. The molecule has 0 heterocycles. The van der Waals surface area contributed by atoms with E-state index in [4.69, 9.17) is 5.73 Å². The summed E-state index contributed by atoms with van der Waals surface area (Å²) in [6.45, 7) is 9.53. The molecular formula is C16H27FN2. The van der Waals surface area contributed by atoms with Gasteiger partial charge in [0, 0.05) is 12.1 Å². The Morgan fingerprint density at radius 2 is 1.89 bits per heavy atom. The monoisotopic (exact) mass is 266 g/mol. The SMILES string of the molecule is CCC(N)C(c1cccc(F)c1)N(CC)C(C)CC. The molecule has 3 atom stereocenters. The first-order valence-electron chi connectivity index (χ1n) is 7.31. The second-order valence-electron chi connectivity index (χ2n) is 5.16. The maximum Gasteiger partial charge on any atom is 0.123 e. The van der Waals surface area contributed by atoms with Crippen molar-refractivity contribution in [2.45, 2.75) is 58.7 Å². The largest absolute Gasteiger partial charge is 0.326 e. The van der Waals surface area contributed by atoms with E-state index in [9.17, 15) is 4.39 Å². The van der Waals surface area contributed by atoms with E-state index in [1.807, 2.05) is 6.07 Å². The first kappa shape index (κ1) is 16.1. The van der Waals surface area contributed by atoms with Gasteiger partial charge in [-0.25, -0.2) is 4.39 Å². The number of nitrogens with zero attached hydrogens (tertiary/aromatic N) is 1. The third-order valence-electron chi connectivity index (χ3n) is 3.95. The summed E-state index contributed by atoms with van der Waals surface area (Å²) in [5.41, 5.74) is 7.29. The van der Waals surface area contributed by atoms with Gasteiger partial charge in [0.05, 0.1) is 6.04 Å². The van der Waals surface area contributed by atoms with Crippen LogP contribution in [0.1, 0.15) is 52.1 Å². The van der Waals surface area contributed by atoms with E-state index in [2.05, 4.69) is 32.6 Å². The van der Waals surface area contributed by atoms with Gasteiger partial charge in [-0.1, -0.05) is 32.9 Å². The van der Waals surface area contributed by atoms with E-state index in [0.717, 1.165) is 24.9 Å². The van der Waals surface area contributed by atoms with Crippen molar-refractivity contribution >= 4 is 0 Å². The minimum Gasteiger partial charge on any atom is -0.326 e. The molecule has 0 spiro atoms. The molecule has 3 heteroatoms. The molecule has 2 nitrogen and oxygen atoms in total. The first-order chi connectivity index (χ1) is 9.04. The number of hydrogen-bond acceptors (Lipinski definition) is 2. The van der Waals surface area contributed by atoms with Crippen LogP contribution in [-0.4, -0.2) is 23.5 Å². The average molecular weight is 266 g/mol. The number of halogens is 1. The lowest BCUT2D eigenvalue weighted by atomic mass is 9.94. The fraction of sp³-hybridized carbons (Fsp3) is 0.625. The van der Waals surface area contributed by atoms with Crippen LogP contribution in [0.25, 0.3) is 0 Å². The van der Waals surface area contributed by atoms with E-state index in [1.165, 1.54) is 6.07 Å². The van der Waals surface area contributed by atoms with E-state index < -0.39 is 0 Å². The Kier molecular flexibility index (Phi) is 6.46. The summed E-state index contributed by atoms with van der Waals surface area (Å²) in [6.07, 6.45) is 1.95. The summed E-state index contributed by atoms with van der Waals surface area (Å²) in [6, 6.07) is 7.40. The molecule has 0 bridgehead atoms. The number of benzene rings is 1. The van der Waals surface area contributed by atoms with E-state index in [-0.39, 0.29) is 17.9 Å². The molecule has 0 saturated carbocycles. The zero-order chi connectivity index (χ0) is 14.4. The van der Waals surface area contributed by atoms with Crippen LogP contribution in [0, 0.1) is 5.82 Å². The number of likely N-dealkylation sites (N-methyl/N-ethyl adjacent to an activating group) is 1. The predicted molar refractivity (Wildman–Crippen MR) is 79.5 cm³/mol. The van der Waals surface area contributed by atoms with Crippen LogP contribution in [-0.2, 0) is 0 Å². The lowest BCUT2D eigenvalue weighted by Gasteiger charge is -2.38. The Bertz CT molecular complexity index is 381. The zero-order valence-corrected chi connectivity index (χ0v) is 12.6. The predicted octanol–water partition coefficient (Wildman–Crippen LogP) is 3.72. The van der Waals surface area contributed by atoms with Crippen LogP contribution in [0.5, 0.6) is 0 Å². The normalized spacial score (nSPS) is 16.4. The highest BCUT2D eigenvalue weighted by Gasteiger charge is 2.27. The van der Waals surface area contributed by atoms with Gasteiger partial charge in [0.1, 0.15) is 5.82 Å². The molecule has 0 radical (unpaired) electrons. The second-order valence-corrected chi connectivity index (χ2v) is 5.16. The van der Waals surface area contributed by atoms with Gasteiger partial charge in [-0.3, -0.25) is 4.90 Å². The first-order valence-corrected chi connectivity index (χ1v) is 7.31. The van der Waals surface area contributed by atoms with Gasteiger partial charge in [-0.15, -0.1) is 0 Å². The van der Waals surface area contributed by atoms with Crippen LogP contribution in [0.15, 0.2) is 24.3 Å². The number of rotatable bonds is 7. The zero-order valence-electron chi connectivity index (χ0n) is 12.6. The summed E-state index contributed by atoms with van der Waals surface area (Å²) in [5, 5.41) is 0. The Hall–Kier alpha value is -0.930. The smallest absolute Gasteiger partial charge is 0.123 e. The number of hydrogen-bond donors (Lipinski definition) is 1. The lowest BCUT2D eigenvalue weighted by Crippen LogP contribution is -2.45. The van der Waals surface area contributed by atoms with Crippen molar-refractivity contribution in [3.05, 3.63) is 35.6 Å². The standard InChI is InChI=1S/C16H27FN2/c1-5-12(4)19(7-3)16(15(18)6-2)13-9-8-10-14(17)11-13/h8-12,15-16H,5-7,18H2,1-4H3. The third-order valence-corrected chi connectivity index (χ3v) is 3.95. The summed E-state index contributed by atoms with van der Waals surface area (Å²) < 4.78 is 13.5. The van der Waals surface area contributed by atoms with Gasteiger partial charge in [0.2, 0.25) is 0 Å². The van der Waals surface area contributed by atoms with Gasteiger partial charge >= 0.3 is 0 Å². The van der Waals surface area contributed by atoms with Crippen molar-refractivity contribution in [3.8, 4) is 0 Å². The Morgan fingerprint density at radius 1 is 1.21 bits per heavy atom. The molecule has 0 amide bonds. The highest BCUT2D eigenvalue weighted by molar-refractivity contribution is 5.22. The molecule has 1 aromatic carbocycles. The third kappa shape index (κ3) is 4.02. The highest BCUT2D eigenvalue weighted by atomic mass is 19.1. The fourth-order valence-corrected chi connectivity index (χ4v) is 2.62. The molecule has 0 saturated heterocycles. The number of nitrogens with two attached hydrogens (primary N) is 1. The van der Waals surface area contributed by atoms with Crippen molar-refractivity contribution in [1.82, 2.24) is 4.90 Å². The summed E-state index contributed by atoms with van der Waals surface area (Å²) in [4.78, 5) is 2.38. The van der Waals surface area contributed by atoms with Crippen molar-refractivity contribution in [2.24, 2.45) is 5.73 Å². The Morgan fingerprint density at radius 3 is 2.37 bits per heavy atom. The topological polar surface area (TPSA) is 29.3 Å². The van der Waals surface area contributed by atoms with Crippen LogP contribution in [0.2, 0.25) is 0 Å². The molecule has 0 aliphatic carbocycles. The minimum atomic E-state index is -0.189. The second kappa shape index (κ2) is 7.61. The van der Waals surface area contributed by atoms with Crippen LogP contribution >= 0.6 is 0 Å². The molecule has 19 heavy (non-hydrogen) atoms. The van der Waals surface area contributed by atoms with E-state index >= 15 is 0 Å². The Labute approximate surface area is 116 Å². The molecule has 1 rings (SSSR count). The van der Waals surface area contributed by atoms with Crippen LogP contribution in [0.3, 0.4) is 0 Å². The van der Waals surface area contributed by atoms with Gasteiger partial charge in [0.25, 0.3) is 0 Å². The Balaban J connectivity index is 3.13. The molecule has 0 fully saturated rings. The highest BCUT2D eigenvalue weighted by Crippen LogP contribution is 2.28. The maximum absolute atomic E-state index is 13.5. The molecular weight excluding hydrogens is 239 g/mol. The van der Waals surface area contributed by atoms with Crippen molar-refractivity contribution < 1.29 is 4.39 Å². The van der Waals surface area contributed by atoms with Crippen LogP contribution in [0.4, 0.5) is 4.39 Å². The molecule has 0 aromatic heterocycles. The van der Waals surface area contributed by atoms with E-state index in [0.29, 0.717) is 6.04 Å². The minimum absolute atomic E-state index is 0.0238. The average Bonchev–Trinajstić information content (AvgIpc) is 2.42. The summed E-state index contributed by atoms with van der Waals surface area (Å²) in [5.74, 6) is -0.189. The van der Waals surface area contributed by atoms with Gasteiger partial charge in [0.15, 0.2) is 0 Å². The molecule has 0 aliphatic heterocycles. The van der Waals surface area contributed by atoms with Crippen molar-refractivity contribution in [1.29, 1.82) is 0 Å². The van der Waals surface area contributed by atoms with Gasteiger partial charge < -0.3 is 5.73 Å². The van der Waals surface area contributed by atoms with Crippen LogP contribution < -0.4 is 5.73 Å². The molecule has 0 aliphatic rings. The van der Waals surface area contributed by atoms with Gasteiger partial charge in [-0.2, -0.15) is 0 Å². The summed E-state index contributed by atoms with van der Waals surface area (Å²) >= 11 is 0. The van der Waals surface area contributed by atoms with E-state index in [1.54, 1.807) is 12.1 Å². The van der Waals surface area contributed by atoms with Gasteiger partial charge in [-0.05, 0) is 44.0 Å². The summed E-state index contributed by atoms with van der Waals surface area (Å²) in [7, 11) is 0. The van der Waals surface area contributed by atoms with Crippen molar-refractivity contribution in [3.63, 3.8) is 0 Å². The maximum atomic E-state index is 13.5.